The van der Waals surface area contributed by atoms with Crippen LogP contribution in [0, 0.1) is 0 Å². The molecule has 0 saturated carbocycles. The largest absolute Gasteiger partial charge is 0.464 e. The second-order valence-electron chi connectivity index (χ2n) is 3.96. The summed E-state index contributed by atoms with van der Waals surface area (Å²) in [7, 11) is 0. The van der Waals surface area contributed by atoms with Crippen LogP contribution >= 0.6 is 0 Å². The summed E-state index contributed by atoms with van der Waals surface area (Å²) in [4.78, 5) is 4.29. The molecule has 0 saturated heterocycles. The number of nitrogens with two attached hydrogens (primary N) is 1. The molecule has 3 heterocycles. The number of hydrogen-bond acceptors (Lipinski definition) is 5. The van der Waals surface area contributed by atoms with Crippen molar-refractivity contribution in [2.24, 2.45) is 0 Å². The molecule has 6 heteroatoms. The Morgan fingerprint density at radius 1 is 1.39 bits per heavy atom. The van der Waals surface area contributed by atoms with Crippen LogP contribution < -0.4 is 11.1 Å². The monoisotopic (exact) mass is 243 g/mol. The van der Waals surface area contributed by atoms with E-state index < -0.39 is 0 Å². The first-order chi connectivity index (χ1) is 8.83. The van der Waals surface area contributed by atoms with Crippen molar-refractivity contribution in [3.63, 3.8) is 0 Å². The van der Waals surface area contributed by atoms with E-state index >= 15 is 0 Å². The summed E-state index contributed by atoms with van der Waals surface area (Å²) >= 11 is 0. The quantitative estimate of drug-likeness (QED) is 0.729. The Hall–Kier alpha value is -2.50. The van der Waals surface area contributed by atoms with Gasteiger partial charge in [-0.3, -0.25) is 4.68 Å². The minimum absolute atomic E-state index is 0.671. The highest BCUT2D eigenvalue weighted by Crippen LogP contribution is 2.21. The Bertz CT molecular complexity index is 657. The van der Waals surface area contributed by atoms with Gasteiger partial charge in [0.05, 0.1) is 30.1 Å². The second-order valence-corrected chi connectivity index (χ2v) is 3.96. The van der Waals surface area contributed by atoms with E-state index in [9.17, 15) is 0 Å². The van der Waals surface area contributed by atoms with Gasteiger partial charge in [0.2, 0.25) is 0 Å². The molecule has 0 radical (unpaired) electrons. The van der Waals surface area contributed by atoms with Crippen LogP contribution in [-0.2, 0) is 6.54 Å². The van der Waals surface area contributed by atoms with Crippen molar-refractivity contribution in [2.45, 2.75) is 6.54 Å². The number of nitrogens with zero attached hydrogens (tertiary/aromatic N) is 3. The summed E-state index contributed by atoms with van der Waals surface area (Å²) in [6.45, 7) is 1.45. The normalized spacial score (nSPS) is 10.9. The standard InChI is InChI=1S/C12H13N5O/c13-9-7-16-17(8-9)5-4-15-12-10-2-6-18-11(10)1-3-14-12/h1-3,6-8H,4-5,13H2,(H,14,15). The molecule has 0 amide bonds. The maximum Gasteiger partial charge on any atom is 0.139 e. The molecule has 0 atom stereocenters. The van der Waals surface area contributed by atoms with Crippen LogP contribution in [-0.4, -0.2) is 21.3 Å². The first kappa shape index (κ1) is 10.6. The molecular formula is C12H13N5O. The molecule has 0 aromatic carbocycles. The SMILES string of the molecule is Nc1cnn(CCNc2nccc3occc23)c1. The van der Waals surface area contributed by atoms with Gasteiger partial charge in [-0.15, -0.1) is 0 Å². The molecule has 3 aromatic heterocycles. The summed E-state index contributed by atoms with van der Waals surface area (Å²) in [6.07, 6.45) is 6.81. The highest BCUT2D eigenvalue weighted by atomic mass is 16.3. The van der Waals surface area contributed by atoms with Crippen LogP contribution in [0.3, 0.4) is 0 Å². The molecule has 0 aliphatic rings. The van der Waals surface area contributed by atoms with E-state index in [0.29, 0.717) is 5.69 Å². The fraction of sp³-hybridized carbons (Fsp3) is 0.167. The average molecular weight is 243 g/mol. The van der Waals surface area contributed by atoms with Gasteiger partial charge in [-0.05, 0) is 12.1 Å². The number of rotatable bonds is 4. The van der Waals surface area contributed by atoms with Crippen molar-refractivity contribution in [1.82, 2.24) is 14.8 Å². The number of anilines is 2. The van der Waals surface area contributed by atoms with E-state index in [4.69, 9.17) is 10.2 Å². The Kier molecular flexibility index (Phi) is 2.60. The Balaban J connectivity index is 1.68. The van der Waals surface area contributed by atoms with Crippen molar-refractivity contribution >= 4 is 22.5 Å². The first-order valence-corrected chi connectivity index (χ1v) is 5.67. The molecule has 3 N–H and O–H groups in total. The van der Waals surface area contributed by atoms with Crippen LogP contribution in [0.2, 0.25) is 0 Å². The Labute approximate surface area is 103 Å². The first-order valence-electron chi connectivity index (χ1n) is 5.67. The van der Waals surface area contributed by atoms with Crippen molar-refractivity contribution in [1.29, 1.82) is 0 Å². The van der Waals surface area contributed by atoms with Gasteiger partial charge in [0.15, 0.2) is 0 Å². The summed E-state index contributed by atoms with van der Waals surface area (Å²) in [5.41, 5.74) is 7.09. The van der Waals surface area contributed by atoms with Gasteiger partial charge in [0, 0.05) is 18.9 Å². The lowest BCUT2D eigenvalue weighted by atomic mass is 10.3. The van der Waals surface area contributed by atoms with E-state index in [2.05, 4.69) is 15.4 Å². The molecule has 92 valence electrons. The van der Waals surface area contributed by atoms with Gasteiger partial charge >= 0.3 is 0 Å². The van der Waals surface area contributed by atoms with Crippen LogP contribution in [0.15, 0.2) is 41.4 Å². The lowest BCUT2D eigenvalue weighted by Crippen LogP contribution is -2.11. The third kappa shape index (κ3) is 2.00. The van der Waals surface area contributed by atoms with Crippen molar-refractivity contribution in [2.75, 3.05) is 17.6 Å². The van der Waals surface area contributed by atoms with Crippen LogP contribution in [0.5, 0.6) is 0 Å². The Morgan fingerprint density at radius 2 is 2.33 bits per heavy atom. The summed E-state index contributed by atoms with van der Waals surface area (Å²) in [5.74, 6) is 0.821. The molecule has 0 fully saturated rings. The Morgan fingerprint density at radius 3 is 3.17 bits per heavy atom. The van der Waals surface area contributed by atoms with E-state index in [-0.39, 0.29) is 0 Å². The fourth-order valence-electron chi connectivity index (χ4n) is 1.83. The molecular weight excluding hydrogens is 230 g/mol. The molecule has 3 aromatic rings. The summed E-state index contributed by atoms with van der Waals surface area (Å²) in [5, 5.41) is 8.35. The smallest absolute Gasteiger partial charge is 0.139 e. The molecule has 0 spiro atoms. The van der Waals surface area contributed by atoms with Gasteiger partial charge in [-0.2, -0.15) is 5.10 Å². The predicted octanol–water partition coefficient (Wildman–Crippen LogP) is 1.72. The minimum Gasteiger partial charge on any atom is -0.464 e. The van der Waals surface area contributed by atoms with Gasteiger partial charge in [-0.25, -0.2) is 4.98 Å². The minimum atomic E-state index is 0.671. The predicted molar refractivity (Wildman–Crippen MR) is 69.1 cm³/mol. The van der Waals surface area contributed by atoms with E-state index in [0.717, 1.165) is 29.9 Å². The zero-order valence-corrected chi connectivity index (χ0v) is 9.71. The van der Waals surface area contributed by atoms with Crippen molar-refractivity contribution in [3.05, 3.63) is 37.0 Å². The maximum absolute atomic E-state index is 5.59. The van der Waals surface area contributed by atoms with E-state index in [1.807, 2.05) is 12.1 Å². The molecule has 0 aliphatic heterocycles. The number of hydrogen-bond donors (Lipinski definition) is 2. The van der Waals surface area contributed by atoms with Crippen molar-refractivity contribution in [3.8, 4) is 0 Å². The zero-order chi connectivity index (χ0) is 12.4. The van der Waals surface area contributed by atoms with Crippen molar-refractivity contribution < 1.29 is 4.42 Å². The zero-order valence-electron chi connectivity index (χ0n) is 9.71. The number of nitrogen functional groups attached to an aromatic ring is 1. The lowest BCUT2D eigenvalue weighted by Gasteiger charge is -2.06. The van der Waals surface area contributed by atoms with Crippen LogP contribution in [0.25, 0.3) is 11.0 Å². The highest BCUT2D eigenvalue weighted by Gasteiger charge is 2.03. The third-order valence-electron chi connectivity index (χ3n) is 2.67. The molecule has 6 nitrogen and oxygen atoms in total. The lowest BCUT2D eigenvalue weighted by molar-refractivity contribution is 0.615. The molecule has 0 aliphatic carbocycles. The van der Waals surface area contributed by atoms with Gasteiger partial charge < -0.3 is 15.5 Å². The van der Waals surface area contributed by atoms with E-state index in [1.165, 1.54) is 0 Å². The number of aromatic nitrogens is 3. The summed E-state index contributed by atoms with van der Waals surface area (Å²) < 4.78 is 7.10. The number of furan rings is 1. The molecule has 0 unspecified atom stereocenters. The number of pyridine rings is 1. The third-order valence-corrected chi connectivity index (χ3v) is 2.67. The van der Waals surface area contributed by atoms with Gasteiger partial charge in [-0.1, -0.05) is 0 Å². The second kappa shape index (κ2) is 4.40. The molecule has 18 heavy (non-hydrogen) atoms. The average Bonchev–Trinajstić information content (AvgIpc) is 2.98. The summed E-state index contributed by atoms with van der Waals surface area (Å²) in [6, 6.07) is 3.74. The number of fused-ring (bicyclic) bond motifs is 1. The van der Waals surface area contributed by atoms with E-state index in [1.54, 1.807) is 29.5 Å². The molecule has 3 rings (SSSR count). The molecule has 0 bridgehead atoms. The maximum atomic E-state index is 5.59. The topological polar surface area (TPSA) is 81.9 Å². The fourth-order valence-corrected chi connectivity index (χ4v) is 1.83. The van der Waals surface area contributed by atoms with Gasteiger partial charge in [0.1, 0.15) is 11.4 Å². The van der Waals surface area contributed by atoms with Gasteiger partial charge in [0.25, 0.3) is 0 Å². The number of nitrogens with one attached hydrogen (secondary N) is 1. The van der Waals surface area contributed by atoms with Crippen LogP contribution in [0.4, 0.5) is 11.5 Å². The highest BCUT2D eigenvalue weighted by molar-refractivity contribution is 5.87. The van der Waals surface area contributed by atoms with Crippen LogP contribution in [0.1, 0.15) is 0 Å².